The molecule has 0 unspecified atom stereocenters. The van der Waals surface area contributed by atoms with Crippen LogP contribution in [0.4, 0.5) is 0 Å². The fourth-order valence-corrected chi connectivity index (χ4v) is 0.921. The third kappa shape index (κ3) is 7.73. The molecule has 0 aromatic carbocycles. The van der Waals surface area contributed by atoms with Gasteiger partial charge in [-0.2, -0.15) is 0 Å². The summed E-state index contributed by atoms with van der Waals surface area (Å²) in [7, 11) is 0. The summed E-state index contributed by atoms with van der Waals surface area (Å²) in [5, 5.41) is 5.41. The van der Waals surface area contributed by atoms with Crippen LogP contribution >= 0.6 is 0 Å². The molecule has 0 aromatic heterocycles. The standard InChI is InChI=1S/C11H20N2O2/c1-8(2)10(15)12-7-6-9(14)13-11(3,4)5/h1,6-7H2,2-5H3,(H,12,15)(H,13,14). The van der Waals surface area contributed by atoms with E-state index >= 15 is 0 Å². The van der Waals surface area contributed by atoms with E-state index in [0.29, 0.717) is 12.1 Å². The van der Waals surface area contributed by atoms with Gasteiger partial charge in [-0.3, -0.25) is 9.59 Å². The molecule has 0 atom stereocenters. The zero-order valence-corrected chi connectivity index (χ0v) is 9.94. The van der Waals surface area contributed by atoms with Crippen molar-refractivity contribution in [2.45, 2.75) is 39.7 Å². The molecule has 0 bridgehead atoms. The van der Waals surface area contributed by atoms with E-state index in [9.17, 15) is 9.59 Å². The average Bonchev–Trinajstić information content (AvgIpc) is 2.00. The number of hydrogen-bond acceptors (Lipinski definition) is 2. The van der Waals surface area contributed by atoms with Crippen LogP contribution in [0.15, 0.2) is 12.2 Å². The Kier molecular flexibility index (Phi) is 5.05. The predicted molar refractivity (Wildman–Crippen MR) is 60.3 cm³/mol. The normalized spacial score (nSPS) is 10.7. The summed E-state index contributed by atoms with van der Waals surface area (Å²) < 4.78 is 0. The van der Waals surface area contributed by atoms with Crippen LogP contribution < -0.4 is 10.6 Å². The lowest BCUT2D eigenvalue weighted by molar-refractivity contribution is -0.122. The van der Waals surface area contributed by atoms with Gasteiger partial charge in [0.15, 0.2) is 0 Å². The van der Waals surface area contributed by atoms with Gasteiger partial charge >= 0.3 is 0 Å². The van der Waals surface area contributed by atoms with Gasteiger partial charge in [0.05, 0.1) is 0 Å². The summed E-state index contributed by atoms with van der Waals surface area (Å²) in [6.45, 7) is 11.2. The molecule has 0 saturated heterocycles. The van der Waals surface area contributed by atoms with E-state index < -0.39 is 0 Å². The Morgan fingerprint density at radius 3 is 2.20 bits per heavy atom. The minimum atomic E-state index is -0.227. The highest BCUT2D eigenvalue weighted by molar-refractivity contribution is 5.92. The first kappa shape index (κ1) is 13.7. The highest BCUT2D eigenvalue weighted by Gasteiger charge is 2.13. The van der Waals surface area contributed by atoms with Gasteiger partial charge in [0.1, 0.15) is 0 Å². The minimum Gasteiger partial charge on any atom is -0.352 e. The van der Waals surface area contributed by atoms with E-state index in [4.69, 9.17) is 0 Å². The van der Waals surface area contributed by atoms with Crippen molar-refractivity contribution in [1.82, 2.24) is 10.6 Å². The van der Waals surface area contributed by atoms with Gasteiger partial charge in [-0.1, -0.05) is 6.58 Å². The van der Waals surface area contributed by atoms with Crippen molar-refractivity contribution in [3.05, 3.63) is 12.2 Å². The van der Waals surface area contributed by atoms with Crippen molar-refractivity contribution in [1.29, 1.82) is 0 Å². The Labute approximate surface area is 91.1 Å². The van der Waals surface area contributed by atoms with Gasteiger partial charge in [0, 0.05) is 24.1 Å². The molecule has 2 amide bonds. The van der Waals surface area contributed by atoms with E-state index in [1.807, 2.05) is 20.8 Å². The van der Waals surface area contributed by atoms with Gasteiger partial charge in [0.25, 0.3) is 0 Å². The zero-order valence-electron chi connectivity index (χ0n) is 9.94. The molecule has 0 heterocycles. The summed E-state index contributed by atoms with van der Waals surface area (Å²) >= 11 is 0. The van der Waals surface area contributed by atoms with Crippen molar-refractivity contribution in [2.24, 2.45) is 0 Å². The quantitative estimate of drug-likeness (QED) is 0.683. The number of nitrogens with one attached hydrogen (secondary N) is 2. The summed E-state index contributed by atoms with van der Waals surface area (Å²) in [5.41, 5.74) is 0.223. The monoisotopic (exact) mass is 212 g/mol. The molecule has 0 aromatic rings. The summed E-state index contributed by atoms with van der Waals surface area (Å²) in [5.74, 6) is -0.275. The topological polar surface area (TPSA) is 58.2 Å². The Morgan fingerprint density at radius 2 is 1.80 bits per heavy atom. The lowest BCUT2D eigenvalue weighted by atomic mass is 10.1. The molecule has 0 aliphatic rings. The molecule has 0 saturated carbocycles. The first-order chi connectivity index (χ1) is 6.72. The molecule has 0 fully saturated rings. The van der Waals surface area contributed by atoms with E-state index in [0.717, 1.165) is 0 Å². The van der Waals surface area contributed by atoms with Crippen LogP contribution in [0, 0.1) is 0 Å². The maximum Gasteiger partial charge on any atom is 0.246 e. The van der Waals surface area contributed by atoms with Crippen molar-refractivity contribution >= 4 is 11.8 Å². The third-order valence-corrected chi connectivity index (χ3v) is 1.54. The molecule has 4 nitrogen and oxygen atoms in total. The van der Waals surface area contributed by atoms with Crippen molar-refractivity contribution < 1.29 is 9.59 Å². The highest BCUT2D eigenvalue weighted by Crippen LogP contribution is 1.98. The molecule has 86 valence electrons. The largest absolute Gasteiger partial charge is 0.352 e. The number of carbonyl (C=O) groups excluding carboxylic acids is 2. The molecule has 0 spiro atoms. The molecule has 0 radical (unpaired) electrons. The Bertz CT molecular complexity index is 264. The molecule has 4 heteroatoms. The molecule has 2 N–H and O–H groups in total. The van der Waals surface area contributed by atoms with Gasteiger partial charge in [0.2, 0.25) is 11.8 Å². The maximum atomic E-state index is 11.3. The molecule has 15 heavy (non-hydrogen) atoms. The van der Waals surface area contributed by atoms with E-state index in [2.05, 4.69) is 17.2 Å². The van der Waals surface area contributed by atoms with Gasteiger partial charge in [-0.15, -0.1) is 0 Å². The smallest absolute Gasteiger partial charge is 0.246 e. The van der Waals surface area contributed by atoms with Crippen molar-refractivity contribution in [2.75, 3.05) is 6.54 Å². The first-order valence-electron chi connectivity index (χ1n) is 4.97. The summed E-state index contributed by atoms with van der Waals surface area (Å²) in [6, 6.07) is 0. The van der Waals surface area contributed by atoms with Crippen LogP contribution in [0.3, 0.4) is 0 Å². The Morgan fingerprint density at radius 1 is 1.27 bits per heavy atom. The molecule has 0 aliphatic carbocycles. The van der Waals surface area contributed by atoms with Crippen LogP contribution in [-0.2, 0) is 9.59 Å². The Balaban J connectivity index is 3.74. The second kappa shape index (κ2) is 5.53. The second-order valence-corrected chi connectivity index (χ2v) is 4.58. The third-order valence-electron chi connectivity index (χ3n) is 1.54. The van der Waals surface area contributed by atoms with Crippen LogP contribution in [-0.4, -0.2) is 23.9 Å². The zero-order chi connectivity index (χ0) is 12.1. The number of hydrogen-bond donors (Lipinski definition) is 2. The maximum absolute atomic E-state index is 11.3. The fraction of sp³-hybridized carbons (Fsp3) is 0.636. The van der Waals surface area contributed by atoms with Gasteiger partial charge in [-0.05, 0) is 27.7 Å². The lowest BCUT2D eigenvalue weighted by Gasteiger charge is -2.20. The molecular weight excluding hydrogens is 192 g/mol. The summed E-state index contributed by atoms with van der Waals surface area (Å²) in [4.78, 5) is 22.4. The Hall–Kier alpha value is -1.32. The number of rotatable bonds is 4. The van der Waals surface area contributed by atoms with E-state index in [-0.39, 0.29) is 23.8 Å². The van der Waals surface area contributed by atoms with Crippen LogP contribution in [0.2, 0.25) is 0 Å². The van der Waals surface area contributed by atoms with Crippen LogP contribution in [0.5, 0.6) is 0 Å². The fourth-order valence-electron chi connectivity index (χ4n) is 0.921. The van der Waals surface area contributed by atoms with Gasteiger partial charge < -0.3 is 10.6 Å². The SMILES string of the molecule is C=C(C)C(=O)NCCC(=O)NC(C)(C)C. The number of carbonyl (C=O) groups is 2. The second-order valence-electron chi connectivity index (χ2n) is 4.58. The van der Waals surface area contributed by atoms with Crippen LogP contribution in [0.25, 0.3) is 0 Å². The summed E-state index contributed by atoms with van der Waals surface area (Å²) in [6.07, 6.45) is 0.288. The van der Waals surface area contributed by atoms with E-state index in [1.54, 1.807) is 6.92 Å². The van der Waals surface area contributed by atoms with Crippen molar-refractivity contribution in [3.8, 4) is 0 Å². The highest BCUT2D eigenvalue weighted by atomic mass is 16.2. The lowest BCUT2D eigenvalue weighted by Crippen LogP contribution is -2.42. The van der Waals surface area contributed by atoms with E-state index in [1.165, 1.54) is 0 Å². The van der Waals surface area contributed by atoms with Crippen molar-refractivity contribution in [3.63, 3.8) is 0 Å². The van der Waals surface area contributed by atoms with Gasteiger partial charge in [-0.25, -0.2) is 0 Å². The van der Waals surface area contributed by atoms with Crippen LogP contribution in [0.1, 0.15) is 34.1 Å². The first-order valence-corrected chi connectivity index (χ1v) is 4.97. The molecule has 0 aliphatic heterocycles. The molecule has 0 rings (SSSR count). The predicted octanol–water partition coefficient (Wildman–Crippen LogP) is 0.983. The number of amides is 2. The average molecular weight is 212 g/mol. The molecular formula is C11H20N2O2. The minimum absolute atomic E-state index is 0.0653.